The highest BCUT2D eigenvalue weighted by molar-refractivity contribution is 5.79. The molecule has 0 aliphatic carbocycles. The average molecular weight is 140 g/mol. The summed E-state index contributed by atoms with van der Waals surface area (Å²) < 4.78 is 0. The summed E-state index contributed by atoms with van der Waals surface area (Å²) in [5.41, 5.74) is 0. The lowest BCUT2D eigenvalue weighted by Crippen LogP contribution is -2.21. The van der Waals surface area contributed by atoms with Gasteiger partial charge < -0.3 is 0 Å². The van der Waals surface area contributed by atoms with Crippen molar-refractivity contribution in [3.8, 4) is 0 Å². The van der Waals surface area contributed by atoms with Crippen LogP contribution in [0.5, 0.6) is 0 Å². The second-order valence-corrected chi connectivity index (χ2v) is 1.71. The van der Waals surface area contributed by atoms with E-state index < -0.39 is 0 Å². The quantitative estimate of drug-likeness (QED) is 0.537. The van der Waals surface area contributed by atoms with E-state index in [0.29, 0.717) is 6.54 Å². The van der Waals surface area contributed by atoms with E-state index in [0.717, 1.165) is 0 Å². The molecule has 0 aliphatic rings. The SMILES string of the molecule is C=NC(=O)N(/C=C\C)CC. The van der Waals surface area contributed by atoms with E-state index in [1.165, 1.54) is 4.90 Å². The van der Waals surface area contributed by atoms with Crippen molar-refractivity contribution in [3.05, 3.63) is 12.3 Å². The third-order valence-corrected chi connectivity index (χ3v) is 1.05. The molecule has 10 heavy (non-hydrogen) atoms. The minimum Gasteiger partial charge on any atom is -0.300 e. The molecule has 0 heterocycles. The maximum absolute atomic E-state index is 10.8. The molecule has 3 heteroatoms. The van der Waals surface area contributed by atoms with E-state index in [9.17, 15) is 4.79 Å². The van der Waals surface area contributed by atoms with Gasteiger partial charge in [-0.05, 0) is 20.6 Å². The maximum atomic E-state index is 10.8. The number of amides is 2. The van der Waals surface area contributed by atoms with Gasteiger partial charge >= 0.3 is 6.03 Å². The zero-order valence-electron chi connectivity index (χ0n) is 6.37. The second-order valence-electron chi connectivity index (χ2n) is 1.71. The normalized spacial score (nSPS) is 9.80. The molecule has 0 aromatic carbocycles. The lowest BCUT2D eigenvalue weighted by atomic mass is 10.5. The van der Waals surface area contributed by atoms with E-state index >= 15 is 0 Å². The van der Waals surface area contributed by atoms with Crippen LogP contribution in [0, 0.1) is 0 Å². The molecule has 0 fully saturated rings. The van der Waals surface area contributed by atoms with E-state index in [1.54, 1.807) is 12.3 Å². The minimum atomic E-state index is -0.305. The monoisotopic (exact) mass is 140 g/mol. The van der Waals surface area contributed by atoms with Crippen LogP contribution in [0.3, 0.4) is 0 Å². The van der Waals surface area contributed by atoms with Gasteiger partial charge in [0.15, 0.2) is 0 Å². The molecular weight excluding hydrogens is 128 g/mol. The van der Waals surface area contributed by atoms with Gasteiger partial charge in [-0.25, -0.2) is 9.79 Å². The van der Waals surface area contributed by atoms with Gasteiger partial charge in [-0.1, -0.05) is 6.08 Å². The van der Waals surface area contributed by atoms with E-state index in [1.807, 2.05) is 13.8 Å². The van der Waals surface area contributed by atoms with Gasteiger partial charge in [0.25, 0.3) is 0 Å². The molecule has 0 aromatic heterocycles. The standard InChI is InChI=1S/C7H12N2O/c1-4-6-9(5-2)7(10)8-3/h4,6H,3,5H2,1-2H3/b6-4-. The molecule has 0 radical (unpaired) electrons. The Morgan fingerprint density at radius 2 is 2.40 bits per heavy atom. The van der Waals surface area contributed by atoms with E-state index in [-0.39, 0.29) is 6.03 Å². The Morgan fingerprint density at radius 3 is 2.70 bits per heavy atom. The van der Waals surface area contributed by atoms with Crippen LogP contribution >= 0.6 is 0 Å². The highest BCUT2D eigenvalue weighted by Gasteiger charge is 2.02. The molecule has 0 bridgehead atoms. The van der Waals surface area contributed by atoms with Crippen molar-refractivity contribution in [2.45, 2.75) is 13.8 Å². The predicted molar refractivity (Wildman–Crippen MR) is 42.1 cm³/mol. The molecule has 56 valence electrons. The largest absolute Gasteiger partial charge is 0.346 e. The highest BCUT2D eigenvalue weighted by atomic mass is 16.2. The first-order valence-electron chi connectivity index (χ1n) is 3.16. The summed E-state index contributed by atoms with van der Waals surface area (Å²) in [6, 6.07) is -0.305. The molecule has 0 aromatic rings. The molecule has 0 rings (SSSR count). The van der Waals surface area contributed by atoms with Crippen molar-refractivity contribution in [3.63, 3.8) is 0 Å². The van der Waals surface area contributed by atoms with Crippen LogP contribution in [0.15, 0.2) is 17.3 Å². The summed E-state index contributed by atoms with van der Waals surface area (Å²) in [7, 11) is 0. The highest BCUT2D eigenvalue weighted by Crippen LogP contribution is 1.92. The van der Waals surface area contributed by atoms with E-state index in [4.69, 9.17) is 0 Å². The fraction of sp³-hybridized carbons (Fsp3) is 0.429. The Kier molecular flexibility index (Phi) is 4.20. The summed E-state index contributed by atoms with van der Waals surface area (Å²) in [6.07, 6.45) is 3.46. The number of carbonyl (C=O) groups is 1. The Bertz CT molecular complexity index is 152. The maximum Gasteiger partial charge on any atom is 0.346 e. The van der Waals surface area contributed by atoms with Crippen LogP contribution in [0.25, 0.3) is 0 Å². The van der Waals surface area contributed by atoms with Crippen molar-refractivity contribution in [1.29, 1.82) is 0 Å². The number of urea groups is 1. The van der Waals surface area contributed by atoms with Gasteiger partial charge in [0.1, 0.15) is 0 Å². The van der Waals surface area contributed by atoms with Crippen LogP contribution in [0.2, 0.25) is 0 Å². The molecule has 3 nitrogen and oxygen atoms in total. The Hall–Kier alpha value is -1.12. The summed E-state index contributed by atoms with van der Waals surface area (Å²) in [6.45, 7) is 7.49. The lowest BCUT2D eigenvalue weighted by molar-refractivity contribution is 0.227. The molecule has 0 N–H and O–H groups in total. The number of allylic oxidation sites excluding steroid dienone is 1. The molecule has 0 unspecified atom stereocenters. The van der Waals surface area contributed by atoms with Gasteiger partial charge in [0, 0.05) is 12.7 Å². The summed E-state index contributed by atoms with van der Waals surface area (Å²) >= 11 is 0. The average Bonchev–Trinajstić information content (AvgIpc) is 1.99. The summed E-state index contributed by atoms with van der Waals surface area (Å²) in [5, 5.41) is 0. The van der Waals surface area contributed by atoms with Crippen molar-refractivity contribution >= 4 is 12.7 Å². The minimum absolute atomic E-state index is 0.305. The van der Waals surface area contributed by atoms with Crippen LogP contribution in [-0.2, 0) is 0 Å². The first kappa shape index (κ1) is 8.88. The first-order valence-corrected chi connectivity index (χ1v) is 3.16. The summed E-state index contributed by atoms with van der Waals surface area (Å²) in [5.74, 6) is 0. The molecule has 0 aliphatic heterocycles. The number of nitrogens with zero attached hydrogens (tertiary/aromatic N) is 2. The molecule has 0 saturated carbocycles. The smallest absolute Gasteiger partial charge is 0.300 e. The molecule has 0 atom stereocenters. The van der Waals surface area contributed by atoms with Crippen molar-refractivity contribution < 1.29 is 4.79 Å². The van der Waals surface area contributed by atoms with Gasteiger partial charge in [0.2, 0.25) is 0 Å². The molecule has 2 amide bonds. The fourth-order valence-corrected chi connectivity index (χ4v) is 0.575. The predicted octanol–water partition coefficient (Wildman–Crippen LogP) is 1.66. The molecule has 0 saturated heterocycles. The van der Waals surface area contributed by atoms with Gasteiger partial charge in [-0.15, -0.1) is 0 Å². The fourth-order valence-electron chi connectivity index (χ4n) is 0.575. The third kappa shape index (κ3) is 2.44. The van der Waals surface area contributed by atoms with Crippen LogP contribution in [0.4, 0.5) is 4.79 Å². The number of hydrogen-bond acceptors (Lipinski definition) is 1. The Labute approximate surface area is 61.1 Å². The Morgan fingerprint density at radius 1 is 1.80 bits per heavy atom. The van der Waals surface area contributed by atoms with Crippen molar-refractivity contribution in [2.24, 2.45) is 4.99 Å². The Balaban J connectivity index is 4.05. The van der Waals surface area contributed by atoms with Crippen LogP contribution < -0.4 is 0 Å². The van der Waals surface area contributed by atoms with Crippen LogP contribution in [-0.4, -0.2) is 24.2 Å². The number of aliphatic imine (C=N–C) groups is 1. The van der Waals surface area contributed by atoms with Gasteiger partial charge in [-0.2, -0.15) is 0 Å². The lowest BCUT2D eigenvalue weighted by Gasteiger charge is -2.10. The molecular formula is C7H12N2O. The first-order chi connectivity index (χ1) is 4.76. The van der Waals surface area contributed by atoms with Crippen LogP contribution in [0.1, 0.15) is 13.8 Å². The second kappa shape index (κ2) is 4.73. The van der Waals surface area contributed by atoms with Crippen molar-refractivity contribution in [1.82, 2.24) is 4.90 Å². The number of rotatable bonds is 2. The zero-order valence-corrected chi connectivity index (χ0v) is 6.37. The van der Waals surface area contributed by atoms with E-state index in [2.05, 4.69) is 11.7 Å². The zero-order chi connectivity index (χ0) is 7.98. The van der Waals surface area contributed by atoms with Gasteiger partial charge in [-0.3, -0.25) is 4.90 Å². The van der Waals surface area contributed by atoms with Gasteiger partial charge in [0.05, 0.1) is 0 Å². The topological polar surface area (TPSA) is 32.7 Å². The summed E-state index contributed by atoms with van der Waals surface area (Å²) in [4.78, 5) is 15.5. The molecule has 0 spiro atoms. The third-order valence-electron chi connectivity index (χ3n) is 1.05. The number of hydrogen-bond donors (Lipinski definition) is 0. The number of carbonyl (C=O) groups excluding carboxylic acids is 1. The van der Waals surface area contributed by atoms with Crippen molar-refractivity contribution in [2.75, 3.05) is 6.54 Å².